The summed E-state index contributed by atoms with van der Waals surface area (Å²) in [6, 6.07) is 1.06. The van der Waals surface area contributed by atoms with Crippen LogP contribution in [-0.4, -0.2) is 34.2 Å². The van der Waals surface area contributed by atoms with Crippen molar-refractivity contribution in [3.05, 3.63) is 0 Å². The Balaban J connectivity index is 1.54. The van der Waals surface area contributed by atoms with Crippen LogP contribution in [0.3, 0.4) is 0 Å². The standard InChI is InChI=1S/C27H54O3Si/c1-6-7-8-9-11-24-12-14-25(15-13-24)26-16-18-27(19-17-26)28-20-10-21-31(29-22(2)3)30-23(4)5/h22-27,31H,6-21H2,1-5H3/t24-,25-,26-,27-. The Morgan fingerprint density at radius 2 is 1.29 bits per heavy atom. The lowest BCUT2D eigenvalue weighted by Gasteiger charge is -2.38. The van der Waals surface area contributed by atoms with E-state index in [1.54, 1.807) is 0 Å². The second-order valence-electron chi connectivity index (χ2n) is 11.0. The first-order valence-electron chi connectivity index (χ1n) is 13.9. The first-order chi connectivity index (χ1) is 15.0. The first-order valence-corrected chi connectivity index (χ1v) is 15.7. The van der Waals surface area contributed by atoms with Crippen molar-refractivity contribution in [2.24, 2.45) is 17.8 Å². The zero-order valence-corrected chi connectivity index (χ0v) is 22.7. The molecule has 2 saturated carbocycles. The topological polar surface area (TPSA) is 27.7 Å². The van der Waals surface area contributed by atoms with Crippen LogP contribution in [0.5, 0.6) is 0 Å². The van der Waals surface area contributed by atoms with Crippen molar-refractivity contribution in [2.75, 3.05) is 6.61 Å². The Kier molecular flexibility index (Phi) is 14.0. The smallest absolute Gasteiger partial charge is 0.321 e. The lowest BCUT2D eigenvalue weighted by Crippen LogP contribution is -2.30. The molecule has 4 heteroatoms. The minimum atomic E-state index is -1.55. The number of ether oxygens (including phenoxy) is 1. The fourth-order valence-electron chi connectivity index (χ4n) is 5.81. The van der Waals surface area contributed by atoms with E-state index in [4.69, 9.17) is 13.6 Å². The van der Waals surface area contributed by atoms with E-state index in [0.717, 1.165) is 36.8 Å². The van der Waals surface area contributed by atoms with Gasteiger partial charge in [0.25, 0.3) is 0 Å². The summed E-state index contributed by atoms with van der Waals surface area (Å²) in [6.45, 7) is 11.6. The van der Waals surface area contributed by atoms with E-state index < -0.39 is 9.28 Å². The highest BCUT2D eigenvalue weighted by atomic mass is 28.3. The summed E-state index contributed by atoms with van der Waals surface area (Å²) in [6.07, 6.45) is 20.8. The van der Waals surface area contributed by atoms with Gasteiger partial charge in [-0.1, -0.05) is 51.9 Å². The van der Waals surface area contributed by atoms with Crippen LogP contribution < -0.4 is 0 Å². The Morgan fingerprint density at radius 3 is 1.84 bits per heavy atom. The van der Waals surface area contributed by atoms with E-state index in [9.17, 15) is 0 Å². The van der Waals surface area contributed by atoms with E-state index in [1.165, 1.54) is 83.5 Å². The molecule has 0 saturated heterocycles. The Bertz CT molecular complexity index is 416. The number of rotatable bonds is 15. The molecule has 0 aromatic heterocycles. The lowest BCUT2D eigenvalue weighted by atomic mass is 9.70. The SMILES string of the molecule is CCCCCC[C@H]1CC[C@H]([C@H]2CC[C@H](OCCC[SiH](OC(C)C)OC(C)C)CC2)CC1. The van der Waals surface area contributed by atoms with Gasteiger partial charge in [-0.3, -0.25) is 0 Å². The summed E-state index contributed by atoms with van der Waals surface area (Å²) in [5.74, 6) is 3.04. The third-order valence-electron chi connectivity index (χ3n) is 7.53. The molecule has 0 radical (unpaired) electrons. The van der Waals surface area contributed by atoms with Crippen molar-refractivity contribution in [3.63, 3.8) is 0 Å². The van der Waals surface area contributed by atoms with Crippen LogP contribution in [0, 0.1) is 17.8 Å². The van der Waals surface area contributed by atoms with Crippen LogP contribution in [0.25, 0.3) is 0 Å². The van der Waals surface area contributed by atoms with Gasteiger partial charge in [0.15, 0.2) is 0 Å². The van der Waals surface area contributed by atoms with Gasteiger partial charge in [-0.25, -0.2) is 0 Å². The maximum Gasteiger partial charge on any atom is 0.321 e. The molecule has 0 aromatic rings. The predicted octanol–water partition coefficient (Wildman–Crippen LogP) is 7.80. The Labute approximate surface area is 196 Å². The molecule has 0 bridgehead atoms. The summed E-state index contributed by atoms with van der Waals surface area (Å²) < 4.78 is 18.3. The highest BCUT2D eigenvalue weighted by Crippen LogP contribution is 2.41. The minimum Gasteiger partial charge on any atom is -0.394 e. The summed E-state index contributed by atoms with van der Waals surface area (Å²) in [7, 11) is -1.55. The molecule has 184 valence electrons. The van der Waals surface area contributed by atoms with Crippen LogP contribution >= 0.6 is 0 Å². The van der Waals surface area contributed by atoms with Crippen LogP contribution in [0.2, 0.25) is 6.04 Å². The fourth-order valence-corrected chi connectivity index (χ4v) is 7.86. The average Bonchev–Trinajstić information content (AvgIpc) is 2.74. The molecular formula is C27H54O3Si. The van der Waals surface area contributed by atoms with Crippen molar-refractivity contribution in [3.8, 4) is 0 Å². The molecule has 0 unspecified atom stereocenters. The molecule has 0 amide bonds. The highest BCUT2D eigenvalue weighted by Gasteiger charge is 2.31. The van der Waals surface area contributed by atoms with Crippen LogP contribution in [0.4, 0.5) is 0 Å². The van der Waals surface area contributed by atoms with Gasteiger partial charge in [0.2, 0.25) is 0 Å². The quantitative estimate of drug-likeness (QED) is 0.187. The van der Waals surface area contributed by atoms with Crippen LogP contribution in [-0.2, 0) is 13.6 Å². The van der Waals surface area contributed by atoms with E-state index in [0.29, 0.717) is 6.10 Å². The van der Waals surface area contributed by atoms with Gasteiger partial charge in [-0.15, -0.1) is 0 Å². The monoisotopic (exact) mass is 454 g/mol. The van der Waals surface area contributed by atoms with Crippen molar-refractivity contribution >= 4 is 9.28 Å². The molecule has 2 rings (SSSR count). The summed E-state index contributed by atoms with van der Waals surface area (Å²) in [5, 5.41) is 0. The molecular weight excluding hydrogens is 400 g/mol. The van der Waals surface area contributed by atoms with Crippen molar-refractivity contribution < 1.29 is 13.6 Å². The molecule has 2 aliphatic carbocycles. The maximum atomic E-state index is 6.27. The highest BCUT2D eigenvalue weighted by molar-refractivity contribution is 6.44. The van der Waals surface area contributed by atoms with Gasteiger partial charge >= 0.3 is 9.28 Å². The third kappa shape index (κ3) is 11.7. The number of unbranched alkanes of at least 4 members (excludes halogenated alkanes) is 3. The lowest BCUT2D eigenvalue weighted by molar-refractivity contribution is 0.00628. The van der Waals surface area contributed by atoms with Crippen LogP contribution in [0.15, 0.2) is 0 Å². The largest absolute Gasteiger partial charge is 0.394 e. The Morgan fingerprint density at radius 1 is 0.710 bits per heavy atom. The van der Waals surface area contributed by atoms with E-state index in [2.05, 4.69) is 34.6 Å². The number of hydrogen-bond acceptors (Lipinski definition) is 3. The first kappa shape index (κ1) is 27.3. The predicted molar refractivity (Wildman–Crippen MR) is 135 cm³/mol. The van der Waals surface area contributed by atoms with Crippen molar-refractivity contribution in [1.29, 1.82) is 0 Å². The summed E-state index contributed by atoms with van der Waals surface area (Å²) in [5.41, 5.74) is 0. The molecule has 0 heterocycles. The molecule has 0 aliphatic heterocycles. The van der Waals surface area contributed by atoms with Crippen LogP contribution in [0.1, 0.15) is 125 Å². The fraction of sp³-hybridized carbons (Fsp3) is 1.00. The van der Waals surface area contributed by atoms with E-state index in [-0.39, 0.29) is 12.2 Å². The zero-order chi connectivity index (χ0) is 22.5. The van der Waals surface area contributed by atoms with Gasteiger partial charge in [-0.2, -0.15) is 0 Å². The normalized spacial score (nSPS) is 27.5. The molecule has 0 N–H and O–H groups in total. The molecule has 0 atom stereocenters. The summed E-state index contributed by atoms with van der Waals surface area (Å²) in [4.78, 5) is 0. The van der Waals surface area contributed by atoms with Gasteiger partial charge < -0.3 is 13.6 Å². The van der Waals surface area contributed by atoms with E-state index in [1.807, 2.05) is 0 Å². The average molecular weight is 455 g/mol. The summed E-state index contributed by atoms with van der Waals surface area (Å²) >= 11 is 0. The van der Waals surface area contributed by atoms with Gasteiger partial charge in [0.05, 0.1) is 6.10 Å². The molecule has 2 fully saturated rings. The van der Waals surface area contributed by atoms with Gasteiger partial charge in [0, 0.05) is 18.8 Å². The van der Waals surface area contributed by atoms with E-state index >= 15 is 0 Å². The second kappa shape index (κ2) is 15.8. The number of hydrogen-bond donors (Lipinski definition) is 0. The Hall–Kier alpha value is 0.0969. The maximum absolute atomic E-state index is 6.27. The molecule has 3 nitrogen and oxygen atoms in total. The molecule has 0 spiro atoms. The van der Waals surface area contributed by atoms with Crippen molar-refractivity contribution in [2.45, 2.75) is 149 Å². The van der Waals surface area contributed by atoms with Crippen molar-refractivity contribution in [1.82, 2.24) is 0 Å². The molecule has 31 heavy (non-hydrogen) atoms. The minimum absolute atomic E-state index is 0.266. The third-order valence-corrected chi connectivity index (χ3v) is 10.1. The van der Waals surface area contributed by atoms with Gasteiger partial charge in [-0.05, 0) is 96.4 Å². The molecule has 2 aliphatic rings. The zero-order valence-electron chi connectivity index (χ0n) is 21.6. The second-order valence-corrected chi connectivity index (χ2v) is 13.0. The molecule has 0 aromatic carbocycles. The van der Waals surface area contributed by atoms with Gasteiger partial charge in [0.1, 0.15) is 0 Å².